The highest BCUT2D eigenvalue weighted by Crippen LogP contribution is 2.29. The van der Waals surface area contributed by atoms with Crippen LogP contribution in [0.4, 0.5) is 9.18 Å². The van der Waals surface area contributed by atoms with Crippen LogP contribution in [0.1, 0.15) is 64.5 Å². The predicted octanol–water partition coefficient (Wildman–Crippen LogP) is 5.58. The zero-order valence-corrected chi connectivity index (χ0v) is 27.2. The Morgan fingerprint density at radius 3 is 2.51 bits per heavy atom. The van der Waals surface area contributed by atoms with E-state index in [9.17, 15) is 18.8 Å². The maximum Gasteiger partial charge on any atom is 0.407 e. The lowest BCUT2D eigenvalue weighted by Gasteiger charge is -2.31. The topological polar surface area (TPSA) is 108 Å². The van der Waals surface area contributed by atoms with Crippen LogP contribution in [0, 0.1) is 5.82 Å². The van der Waals surface area contributed by atoms with Gasteiger partial charge in [-0.3, -0.25) is 14.3 Å². The Labute approximate surface area is 273 Å². The number of halogens is 1. The second kappa shape index (κ2) is 13.8. The number of nitrogens with one attached hydrogen (secondary N) is 1. The molecule has 6 rings (SSSR count). The molecule has 2 fully saturated rings. The van der Waals surface area contributed by atoms with Crippen LogP contribution in [-0.2, 0) is 16.0 Å². The highest BCUT2D eigenvalue weighted by atomic mass is 19.1. The zero-order valence-electron chi connectivity index (χ0n) is 27.2. The van der Waals surface area contributed by atoms with Crippen molar-refractivity contribution in [2.45, 2.75) is 77.1 Å². The van der Waals surface area contributed by atoms with Gasteiger partial charge in [0.2, 0.25) is 0 Å². The van der Waals surface area contributed by atoms with Gasteiger partial charge in [0.1, 0.15) is 11.4 Å². The first-order chi connectivity index (χ1) is 22.6. The Morgan fingerprint density at radius 1 is 1.00 bits per heavy atom. The Hall–Kier alpha value is -4.35. The third-order valence-electron chi connectivity index (χ3n) is 8.79. The van der Waals surface area contributed by atoms with E-state index in [0.717, 1.165) is 62.7 Å². The monoisotopic (exact) mass is 643 g/mol. The second-order valence-electron chi connectivity index (χ2n) is 13.5. The van der Waals surface area contributed by atoms with Crippen LogP contribution in [0.25, 0.3) is 27.8 Å². The minimum absolute atomic E-state index is 0.0345. The molecule has 1 aliphatic heterocycles. The van der Waals surface area contributed by atoms with E-state index >= 15 is 0 Å². The largest absolute Gasteiger partial charge is 0.444 e. The van der Waals surface area contributed by atoms with Crippen molar-refractivity contribution in [3.05, 3.63) is 93.0 Å². The van der Waals surface area contributed by atoms with Crippen molar-refractivity contribution < 1.29 is 18.7 Å². The molecule has 11 heteroatoms. The van der Waals surface area contributed by atoms with Crippen molar-refractivity contribution in [1.29, 1.82) is 0 Å². The van der Waals surface area contributed by atoms with Gasteiger partial charge in [-0.05, 0) is 87.8 Å². The van der Waals surface area contributed by atoms with E-state index in [-0.39, 0.29) is 17.1 Å². The van der Waals surface area contributed by atoms with E-state index in [1.54, 1.807) is 26.8 Å². The van der Waals surface area contributed by atoms with Crippen molar-refractivity contribution in [3.8, 4) is 16.8 Å². The molecule has 3 heterocycles. The molecule has 1 aliphatic carbocycles. The number of alkyl carbamates (subject to hydrolysis) is 1. The zero-order chi connectivity index (χ0) is 33.1. The number of benzene rings is 2. The summed E-state index contributed by atoms with van der Waals surface area (Å²) in [7, 11) is 0. The van der Waals surface area contributed by atoms with Crippen molar-refractivity contribution in [2.75, 3.05) is 26.3 Å². The SMILES string of the molecule is CC(C)(C)OC(=O)N[C@H]1CC[C@@H](n2c(=O)c3cc(F)cnc3n(-c3cccc(-c4ccc(CN5CCCOCC5)cc4)c3)c2=O)CC1. The molecule has 1 amide bonds. The summed E-state index contributed by atoms with van der Waals surface area (Å²) in [5.74, 6) is -0.654. The van der Waals surface area contributed by atoms with Gasteiger partial charge in [0.15, 0.2) is 5.65 Å². The van der Waals surface area contributed by atoms with Crippen LogP contribution in [0.3, 0.4) is 0 Å². The van der Waals surface area contributed by atoms with Gasteiger partial charge in [-0.15, -0.1) is 0 Å². The molecule has 2 aromatic carbocycles. The van der Waals surface area contributed by atoms with E-state index < -0.39 is 34.8 Å². The quantitative estimate of drug-likeness (QED) is 0.292. The highest BCUT2D eigenvalue weighted by molar-refractivity contribution is 5.76. The molecule has 2 aromatic heterocycles. The third kappa shape index (κ3) is 7.63. The number of carbonyl (C=O) groups excluding carboxylic acids is 1. The van der Waals surface area contributed by atoms with Crippen LogP contribution >= 0.6 is 0 Å². The lowest BCUT2D eigenvalue weighted by Crippen LogP contribution is -2.45. The molecule has 248 valence electrons. The summed E-state index contributed by atoms with van der Waals surface area (Å²) in [5.41, 5.74) is 2.01. The molecule has 1 saturated heterocycles. The fraction of sp³-hybridized carbons (Fsp3) is 0.444. The first-order valence-corrected chi connectivity index (χ1v) is 16.4. The fourth-order valence-electron chi connectivity index (χ4n) is 6.53. The molecule has 1 saturated carbocycles. The number of carbonyl (C=O) groups is 1. The van der Waals surface area contributed by atoms with E-state index in [2.05, 4.69) is 39.5 Å². The van der Waals surface area contributed by atoms with Crippen molar-refractivity contribution in [1.82, 2.24) is 24.3 Å². The normalized spacial score (nSPS) is 19.3. The Balaban J connectivity index is 1.29. The molecular weight excluding hydrogens is 601 g/mol. The van der Waals surface area contributed by atoms with Gasteiger partial charge in [0.05, 0.1) is 23.9 Å². The van der Waals surface area contributed by atoms with Crippen LogP contribution in [0.2, 0.25) is 0 Å². The van der Waals surface area contributed by atoms with Crippen LogP contribution in [-0.4, -0.2) is 63.1 Å². The van der Waals surface area contributed by atoms with Gasteiger partial charge in [-0.2, -0.15) is 0 Å². The van der Waals surface area contributed by atoms with Gasteiger partial charge in [-0.1, -0.05) is 36.4 Å². The van der Waals surface area contributed by atoms with E-state index in [0.29, 0.717) is 31.4 Å². The lowest BCUT2D eigenvalue weighted by atomic mass is 9.91. The van der Waals surface area contributed by atoms with Crippen molar-refractivity contribution in [3.63, 3.8) is 0 Å². The van der Waals surface area contributed by atoms with Crippen LogP contribution in [0.15, 0.2) is 70.4 Å². The number of nitrogens with zero attached hydrogens (tertiary/aromatic N) is 4. The summed E-state index contributed by atoms with van der Waals surface area (Å²) in [4.78, 5) is 46.9. The number of aromatic nitrogens is 3. The average Bonchev–Trinajstić information content (AvgIpc) is 3.30. The van der Waals surface area contributed by atoms with E-state index in [1.165, 1.54) is 14.7 Å². The summed E-state index contributed by atoms with van der Waals surface area (Å²) < 4.78 is 28.1. The minimum atomic E-state index is -0.654. The minimum Gasteiger partial charge on any atom is -0.444 e. The average molecular weight is 644 g/mol. The third-order valence-corrected chi connectivity index (χ3v) is 8.79. The predicted molar refractivity (Wildman–Crippen MR) is 178 cm³/mol. The maximum absolute atomic E-state index is 14.4. The van der Waals surface area contributed by atoms with Crippen molar-refractivity contribution >= 4 is 17.1 Å². The van der Waals surface area contributed by atoms with Crippen LogP contribution < -0.4 is 16.6 Å². The smallest absolute Gasteiger partial charge is 0.407 e. The van der Waals surface area contributed by atoms with Gasteiger partial charge in [0, 0.05) is 38.3 Å². The number of fused-ring (bicyclic) bond motifs is 1. The molecule has 0 radical (unpaired) electrons. The molecule has 0 unspecified atom stereocenters. The summed E-state index contributed by atoms with van der Waals surface area (Å²) in [6.07, 6.45) is 3.66. The maximum atomic E-state index is 14.4. The molecule has 10 nitrogen and oxygen atoms in total. The van der Waals surface area contributed by atoms with Crippen LogP contribution in [0.5, 0.6) is 0 Å². The molecule has 0 spiro atoms. The summed E-state index contributed by atoms with van der Waals surface area (Å²) >= 11 is 0. The van der Waals surface area contributed by atoms with E-state index in [1.807, 2.05) is 18.2 Å². The first kappa shape index (κ1) is 32.6. The Bertz CT molecular complexity index is 1850. The van der Waals surface area contributed by atoms with Crippen molar-refractivity contribution in [2.24, 2.45) is 0 Å². The molecule has 0 bridgehead atoms. The lowest BCUT2D eigenvalue weighted by molar-refractivity contribution is 0.0487. The number of rotatable bonds is 6. The molecule has 0 atom stereocenters. The Morgan fingerprint density at radius 2 is 1.77 bits per heavy atom. The molecule has 47 heavy (non-hydrogen) atoms. The number of amides is 1. The molecular formula is C36H42FN5O5. The molecule has 1 N–H and O–H groups in total. The molecule has 2 aliphatic rings. The van der Waals surface area contributed by atoms with Gasteiger partial charge >= 0.3 is 11.8 Å². The number of hydrogen-bond donors (Lipinski definition) is 1. The number of ether oxygens (including phenoxy) is 2. The number of pyridine rings is 1. The summed E-state index contributed by atoms with van der Waals surface area (Å²) in [6, 6.07) is 16.5. The highest BCUT2D eigenvalue weighted by Gasteiger charge is 2.29. The first-order valence-electron chi connectivity index (χ1n) is 16.4. The summed E-state index contributed by atoms with van der Waals surface area (Å²) in [6.45, 7) is 9.75. The second-order valence-corrected chi connectivity index (χ2v) is 13.5. The number of hydrogen-bond acceptors (Lipinski definition) is 7. The molecule has 4 aromatic rings. The van der Waals surface area contributed by atoms with E-state index in [4.69, 9.17) is 9.47 Å². The van der Waals surface area contributed by atoms with Gasteiger partial charge in [-0.25, -0.2) is 23.5 Å². The fourth-order valence-corrected chi connectivity index (χ4v) is 6.53. The summed E-state index contributed by atoms with van der Waals surface area (Å²) in [5, 5.41) is 2.93. The standard InChI is InChI=1S/C36H42FN5O5/c1-36(2,3)47-34(44)39-28-12-14-29(15-13-28)42-33(43)31-21-27(37)22-38-32(31)41(35(42)45)30-7-4-6-26(20-30)25-10-8-24(9-11-25)23-40-16-5-18-46-19-17-40/h4,6-11,20-22,28-29H,5,12-19,23H2,1-3H3,(H,39,44)/t28-,29+. The Kier molecular flexibility index (Phi) is 9.56. The van der Waals surface area contributed by atoms with Gasteiger partial charge < -0.3 is 14.8 Å². The van der Waals surface area contributed by atoms with Gasteiger partial charge in [0.25, 0.3) is 5.56 Å².